The van der Waals surface area contributed by atoms with Crippen molar-refractivity contribution in [3.63, 3.8) is 0 Å². The topological polar surface area (TPSA) is 105 Å². The Morgan fingerprint density at radius 2 is 2.13 bits per heavy atom. The molecule has 0 atom stereocenters. The van der Waals surface area contributed by atoms with Crippen molar-refractivity contribution in [3.8, 4) is 6.07 Å². The molecule has 1 N–H and O–H groups in total. The van der Waals surface area contributed by atoms with E-state index < -0.39 is 16.6 Å². The van der Waals surface area contributed by atoms with Crippen molar-refractivity contribution in [2.45, 2.75) is 39.8 Å². The quantitative estimate of drug-likeness (QED) is 0.519. The predicted octanol–water partition coefficient (Wildman–Crippen LogP) is 3.55. The van der Waals surface area contributed by atoms with Gasteiger partial charge < -0.3 is 10.1 Å². The highest BCUT2D eigenvalue weighted by Gasteiger charge is 2.17. The normalized spacial score (nSPS) is 11.5. The summed E-state index contributed by atoms with van der Waals surface area (Å²) in [5, 5.41) is 22.2. The number of hydrogen-bond acceptors (Lipinski definition) is 5. The van der Waals surface area contributed by atoms with Crippen molar-refractivity contribution < 1.29 is 14.5 Å². The van der Waals surface area contributed by atoms with Gasteiger partial charge in [-0.15, -0.1) is 0 Å². The summed E-state index contributed by atoms with van der Waals surface area (Å²) in [6.45, 7) is 7.01. The number of hydrogen-bond donors (Lipinski definition) is 1. The minimum absolute atomic E-state index is 0.0581. The molecule has 0 aromatic heterocycles. The summed E-state index contributed by atoms with van der Waals surface area (Å²) in [7, 11) is 0. The van der Waals surface area contributed by atoms with Gasteiger partial charge in [0.15, 0.2) is 0 Å². The second-order valence-electron chi connectivity index (χ2n) is 5.91. The number of nitrogens with one attached hydrogen (secondary N) is 1. The lowest BCUT2D eigenvalue weighted by Crippen LogP contribution is -2.32. The Hall–Kier alpha value is -2.88. The number of nitro groups is 1. The Morgan fingerprint density at radius 3 is 2.65 bits per heavy atom. The maximum absolute atomic E-state index is 11.7. The number of carbonyl (C=O) groups excluding carboxylic acids is 1. The third-order valence-electron chi connectivity index (χ3n) is 2.83. The summed E-state index contributed by atoms with van der Waals surface area (Å²) in [5.74, 6) is 0. The molecular weight excluding hydrogens is 298 g/mol. The lowest BCUT2D eigenvalue weighted by Gasteiger charge is -2.20. The lowest BCUT2D eigenvalue weighted by atomic mass is 10.00. The van der Waals surface area contributed by atoms with Crippen LogP contribution in [0.2, 0.25) is 0 Å². The molecule has 0 bridgehead atoms. The van der Waals surface area contributed by atoms with E-state index in [0.29, 0.717) is 16.7 Å². The fourth-order valence-electron chi connectivity index (χ4n) is 1.88. The van der Waals surface area contributed by atoms with Gasteiger partial charge in [-0.3, -0.25) is 10.1 Å². The maximum Gasteiger partial charge on any atom is 0.407 e. The van der Waals surface area contributed by atoms with Crippen LogP contribution < -0.4 is 5.32 Å². The van der Waals surface area contributed by atoms with Gasteiger partial charge in [0.25, 0.3) is 5.69 Å². The molecule has 0 aliphatic carbocycles. The standard InChI is InChI=1S/C16H19N3O4/c1-11(7-8-17)14-6-5-13(19(21)22)9-12(14)10-18-15(20)23-16(2,3)4/h5-7,9H,10H2,1-4H3,(H,18,20)/b11-7+. The highest BCUT2D eigenvalue weighted by Crippen LogP contribution is 2.24. The molecule has 0 heterocycles. The number of nitrogens with zero attached hydrogens (tertiary/aromatic N) is 2. The summed E-state index contributed by atoms with van der Waals surface area (Å²) in [4.78, 5) is 22.1. The summed E-state index contributed by atoms with van der Waals surface area (Å²) < 4.78 is 5.13. The molecule has 0 radical (unpaired) electrons. The average Bonchev–Trinajstić information content (AvgIpc) is 2.43. The number of allylic oxidation sites excluding steroid dienone is 2. The molecule has 0 fully saturated rings. The van der Waals surface area contributed by atoms with E-state index in [0.717, 1.165) is 0 Å². The molecule has 0 unspecified atom stereocenters. The van der Waals surface area contributed by atoms with Crippen molar-refractivity contribution >= 4 is 17.4 Å². The number of carbonyl (C=O) groups is 1. The number of alkyl carbamates (subject to hydrolysis) is 1. The summed E-state index contributed by atoms with van der Waals surface area (Å²) >= 11 is 0. The van der Waals surface area contributed by atoms with Gasteiger partial charge in [-0.2, -0.15) is 5.26 Å². The van der Waals surface area contributed by atoms with Gasteiger partial charge in [0.1, 0.15) is 5.60 Å². The third-order valence-corrected chi connectivity index (χ3v) is 2.83. The van der Waals surface area contributed by atoms with Gasteiger partial charge in [-0.25, -0.2) is 4.79 Å². The molecule has 0 aliphatic heterocycles. The number of rotatable bonds is 4. The van der Waals surface area contributed by atoms with Gasteiger partial charge in [-0.05, 0) is 50.5 Å². The number of benzene rings is 1. The van der Waals surface area contributed by atoms with E-state index in [4.69, 9.17) is 10.00 Å². The molecule has 1 aromatic rings. The van der Waals surface area contributed by atoms with Crippen LogP contribution in [0.5, 0.6) is 0 Å². The zero-order valence-electron chi connectivity index (χ0n) is 13.5. The largest absolute Gasteiger partial charge is 0.444 e. The zero-order valence-corrected chi connectivity index (χ0v) is 13.5. The molecule has 0 saturated carbocycles. The lowest BCUT2D eigenvalue weighted by molar-refractivity contribution is -0.384. The average molecular weight is 317 g/mol. The fraction of sp³-hybridized carbons (Fsp3) is 0.375. The first-order chi connectivity index (χ1) is 10.6. The number of nitro benzene ring substituents is 1. The first-order valence-corrected chi connectivity index (χ1v) is 6.95. The third kappa shape index (κ3) is 5.79. The molecule has 0 spiro atoms. The molecule has 1 aromatic carbocycles. The molecule has 1 amide bonds. The van der Waals surface area contributed by atoms with Gasteiger partial charge >= 0.3 is 6.09 Å². The van der Waals surface area contributed by atoms with E-state index in [9.17, 15) is 14.9 Å². The van der Waals surface area contributed by atoms with Crippen LogP contribution in [0.1, 0.15) is 38.8 Å². The Labute approximate surface area is 134 Å². The predicted molar refractivity (Wildman–Crippen MR) is 85.4 cm³/mol. The SMILES string of the molecule is C/C(=C\C#N)c1ccc([N+](=O)[O-])cc1CNC(=O)OC(C)(C)C. The number of ether oxygens (including phenoxy) is 1. The number of nitriles is 1. The Bertz CT molecular complexity index is 682. The van der Waals surface area contributed by atoms with Gasteiger partial charge in [0.2, 0.25) is 0 Å². The zero-order chi connectivity index (χ0) is 17.6. The molecule has 122 valence electrons. The Kier molecular flexibility index (Phi) is 5.85. The smallest absolute Gasteiger partial charge is 0.407 e. The molecule has 0 saturated heterocycles. The van der Waals surface area contributed by atoms with Crippen LogP contribution >= 0.6 is 0 Å². The highest BCUT2D eigenvalue weighted by molar-refractivity contribution is 5.71. The van der Waals surface area contributed by atoms with Crippen LogP contribution in [0.3, 0.4) is 0 Å². The van der Waals surface area contributed by atoms with E-state index in [1.165, 1.54) is 18.2 Å². The molecule has 7 heteroatoms. The van der Waals surface area contributed by atoms with Gasteiger partial charge in [0, 0.05) is 24.8 Å². The summed E-state index contributed by atoms with van der Waals surface area (Å²) in [6, 6.07) is 6.22. The second kappa shape index (κ2) is 7.40. The monoisotopic (exact) mass is 317 g/mol. The van der Waals surface area contributed by atoms with Crippen molar-refractivity contribution in [3.05, 3.63) is 45.5 Å². The van der Waals surface area contributed by atoms with Gasteiger partial charge in [-0.1, -0.05) is 0 Å². The van der Waals surface area contributed by atoms with Crippen LogP contribution in [0.25, 0.3) is 5.57 Å². The molecule has 1 rings (SSSR count). The molecule has 7 nitrogen and oxygen atoms in total. The molecular formula is C16H19N3O4. The first-order valence-electron chi connectivity index (χ1n) is 6.95. The van der Waals surface area contributed by atoms with Crippen molar-refractivity contribution in [1.82, 2.24) is 5.32 Å². The number of amides is 1. The number of non-ortho nitro benzene ring substituents is 1. The van der Waals surface area contributed by atoms with Crippen LogP contribution in [-0.4, -0.2) is 16.6 Å². The van der Waals surface area contributed by atoms with Crippen LogP contribution in [0, 0.1) is 21.4 Å². The van der Waals surface area contributed by atoms with E-state index >= 15 is 0 Å². The van der Waals surface area contributed by atoms with Crippen LogP contribution in [0.15, 0.2) is 24.3 Å². The summed E-state index contributed by atoms with van der Waals surface area (Å²) in [5.41, 5.74) is 1.14. The first kappa shape index (κ1) is 18.2. The van der Waals surface area contributed by atoms with E-state index in [1.807, 2.05) is 6.07 Å². The minimum Gasteiger partial charge on any atom is -0.444 e. The molecule has 0 aliphatic rings. The second-order valence-corrected chi connectivity index (χ2v) is 5.91. The van der Waals surface area contributed by atoms with Crippen molar-refractivity contribution in [2.75, 3.05) is 0 Å². The van der Waals surface area contributed by atoms with Crippen molar-refractivity contribution in [2.24, 2.45) is 0 Å². The highest BCUT2D eigenvalue weighted by atomic mass is 16.6. The molecule has 23 heavy (non-hydrogen) atoms. The van der Waals surface area contributed by atoms with Gasteiger partial charge in [0.05, 0.1) is 11.0 Å². The van der Waals surface area contributed by atoms with Crippen LogP contribution in [-0.2, 0) is 11.3 Å². The summed E-state index contributed by atoms with van der Waals surface area (Å²) in [6.07, 6.45) is 0.731. The Morgan fingerprint density at radius 1 is 1.48 bits per heavy atom. The van der Waals surface area contributed by atoms with E-state index in [2.05, 4.69) is 5.32 Å². The van der Waals surface area contributed by atoms with E-state index in [1.54, 1.807) is 33.8 Å². The van der Waals surface area contributed by atoms with Crippen molar-refractivity contribution in [1.29, 1.82) is 5.26 Å². The van der Waals surface area contributed by atoms with Crippen LogP contribution in [0.4, 0.5) is 10.5 Å². The fourth-order valence-corrected chi connectivity index (χ4v) is 1.88. The Balaban J connectivity index is 3.04. The van der Waals surface area contributed by atoms with E-state index in [-0.39, 0.29) is 12.2 Å². The maximum atomic E-state index is 11.7. The minimum atomic E-state index is -0.633.